The number of amides is 1. The van der Waals surface area contributed by atoms with E-state index in [1.807, 2.05) is 54.3 Å². The molecule has 1 fully saturated rings. The second-order valence-electron chi connectivity index (χ2n) is 7.75. The van der Waals surface area contributed by atoms with Crippen LogP contribution in [0.4, 0.5) is 29.0 Å². The van der Waals surface area contributed by atoms with E-state index in [4.69, 9.17) is 0 Å². The van der Waals surface area contributed by atoms with E-state index in [-0.39, 0.29) is 5.91 Å². The Kier molecular flexibility index (Phi) is 5.25. The molecule has 8 nitrogen and oxygen atoms in total. The summed E-state index contributed by atoms with van der Waals surface area (Å²) in [6, 6.07) is 17.4. The summed E-state index contributed by atoms with van der Waals surface area (Å²) in [5, 5.41) is 6.43. The number of carbonyl (C=O) groups is 1. The lowest BCUT2D eigenvalue weighted by molar-refractivity contribution is 0.102. The standard InChI is InChI=1S/C24H23N7O/c1-16-7-10-19(13-20(16)30-23(32)17-5-3-2-4-6-17)31(24-25-11-12-26-24)22-14-21(27-15-28-22)29-18-8-9-18/h2-7,10-15,18H,8-9H2,1H3,(H,25,26)(H,30,32)(H,27,28,29). The van der Waals surface area contributed by atoms with Crippen LogP contribution in [0, 0.1) is 6.92 Å². The van der Waals surface area contributed by atoms with Gasteiger partial charge in [-0.05, 0) is 49.6 Å². The summed E-state index contributed by atoms with van der Waals surface area (Å²) in [6.45, 7) is 1.96. The molecular formula is C24H23N7O. The molecule has 3 N–H and O–H groups in total. The van der Waals surface area contributed by atoms with Crippen LogP contribution >= 0.6 is 0 Å². The second-order valence-corrected chi connectivity index (χ2v) is 7.75. The Hall–Kier alpha value is -4.20. The molecule has 1 amide bonds. The normalized spacial score (nSPS) is 12.9. The quantitative estimate of drug-likeness (QED) is 0.393. The van der Waals surface area contributed by atoms with Crippen LogP contribution in [0.25, 0.3) is 0 Å². The Morgan fingerprint density at radius 1 is 1.06 bits per heavy atom. The zero-order valence-corrected chi connectivity index (χ0v) is 17.6. The summed E-state index contributed by atoms with van der Waals surface area (Å²) >= 11 is 0. The summed E-state index contributed by atoms with van der Waals surface area (Å²) in [6.07, 6.45) is 7.31. The molecule has 4 aromatic rings. The molecule has 0 spiro atoms. The van der Waals surface area contributed by atoms with Crippen molar-refractivity contribution in [1.29, 1.82) is 0 Å². The van der Waals surface area contributed by atoms with Gasteiger partial charge in [-0.15, -0.1) is 0 Å². The van der Waals surface area contributed by atoms with E-state index in [0.717, 1.165) is 35.6 Å². The number of nitrogens with zero attached hydrogens (tertiary/aromatic N) is 4. The zero-order chi connectivity index (χ0) is 21.9. The Labute approximate surface area is 185 Å². The molecule has 1 aliphatic carbocycles. The number of hydrogen-bond donors (Lipinski definition) is 3. The first-order chi connectivity index (χ1) is 15.7. The first kappa shape index (κ1) is 19.7. The van der Waals surface area contributed by atoms with E-state index in [9.17, 15) is 4.79 Å². The number of aromatic nitrogens is 4. The van der Waals surface area contributed by atoms with Crippen molar-refractivity contribution in [2.45, 2.75) is 25.8 Å². The molecule has 0 bridgehead atoms. The van der Waals surface area contributed by atoms with Gasteiger partial charge in [-0.3, -0.25) is 9.69 Å². The summed E-state index contributed by atoms with van der Waals surface area (Å²) < 4.78 is 0. The van der Waals surface area contributed by atoms with Crippen molar-refractivity contribution in [3.63, 3.8) is 0 Å². The second kappa shape index (κ2) is 8.50. The predicted octanol–water partition coefficient (Wildman–Crippen LogP) is 4.80. The van der Waals surface area contributed by atoms with Crippen molar-refractivity contribution in [3.05, 3.63) is 84.4 Å². The SMILES string of the molecule is Cc1ccc(N(c2cc(NC3CC3)ncn2)c2ncc[nH]2)cc1NC(=O)c1ccccc1. The van der Waals surface area contributed by atoms with Gasteiger partial charge in [0.2, 0.25) is 5.95 Å². The Balaban J connectivity index is 1.50. The van der Waals surface area contributed by atoms with Gasteiger partial charge in [0.05, 0.1) is 5.69 Å². The van der Waals surface area contributed by atoms with Crippen LogP contribution in [-0.4, -0.2) is 31.9 Å². The van der Waals surface area contributed by atoms with Crippen molar-refractivity contribution in [2.24, 2.45) is 0 Å². The maximum Gasteiger partial charge on any atom is 0.255 e. The van der Waals surface area contributed by atoms with Gasteiger partial charge in [0.25, 0.3) is 5.91 Å². The summed E-state index contributed by atoms with van der Waals surface area (Å²) in [5.74, 6) is 1.90. The highest BCUT2D eigenvalue weighted by Gasteiger charge is 2.23. The minimum absolute atomic E-state index is 0.159. The van der Waals surface area contributed by atoms with E-state index in [0.29, 0.717) is 23.4 Å². The lowest BCUT2D eigenvalue weighted by Gasteiger charge is -2.23. The third kappa shape index (κ3) is 4.29. The third-order valence-electron chi connectivity index (χ3n) is 5.27. The molecule has 0 radical (unpaired) electrons. The van der Waals surface area contributed by atoms with Gasteiger partial charge in [-0.2, -0.15) is 0 Å². The van der Waals surface area contributed by atoms with E-state index < -0.39 is 0 Å². The minimum atomic E-state index is -0.159. The Morgan fingerprint density at radius 3 is 2.66 bits per heavy atom. The number of aromatic amines is 1. The lowest BCUT2D eigenvalue weighted by Crippen LogP contribution is -2.16. The molecule has 5 rings (SSSR count). The van der Waals surface area contributed by atoms with Crippen molar-refractivity contribution >= 4 is 34.9 Å². The number of imidazole rings is 1. The van der Waals surface area contributed by atoms with E-state index >= 15 is 0 Å². The molecule has 0 unspecified atom stereocenters. The molecule has 1 saturated carbocycles. The number of rotatable bonds is 7. The average Bonchev–Trinajstić information content (AvgIpc) is 3.47. The number of aryl methyl sites for hydroxylation is 1. The number of benzene rings is 2. The van der Waals surface area contributed by atoms with Crippen molar-refractivity contribution in [2.75, 3.05) is 15.5 Å². The molecule has 160 valence electrons. The van der Waals surface area contributed by atoms with Gasteiger partial charge in [0.1, 0.15) is 18.0 Å². The van der Waals surface area contributed by atoms with Crippen LogP contribution in [0.1, 0.15) is 28.8 Å². The van der Waals surface area contributed by atoms with Crippen LogP contribution in [0.2, 0.25) is 0 Å². The number of nitrogens with one attached hydrogen (secondary N) is 3. The van der Waals surface area contributed by atoms with Gasteiger partial charge in [-0.1, -0.05) is 24.3 Å². The van der Waals surface area contributed by atoms with Crippen LogP contribution in [0.15, 0.2) is 73.3 Å². The summed E-state index contributed by atoms with van der Waals surface area (Å²) in [7, 11) is 0. The molecule has 2 aromatic heterocycles. The number of anilines is 5. The molecule has 32 heavy (non-hydrogen) atoms. The molecule has 2 aromatic carbocycles. The fraction of sp³-hybridized carbons (Fsp3) is 0.167. The summed E-state index contributed by atoms with van der Waals surface area (Å²) in [4.78, 5) is 31.0. The van der Waals surface area contributed by atoms with Gasteiger partial charge < -0.3 is 15.6 Å². The fourth-order valence-electron chi connectivity index (χ4n) is 3.40. The third-order valence-corrected chi connectivity index (χ3v) is 5.27. The monoisotopic (exact) mass is 425 g/mol. The smallest absolute Gasteiger partial charge is 0.255 e. The topological polar surface area (TPSA) is 98.8 Å². The molecule has 0 saturated heterocycles. The molecule has 8 heteroatoms. The van der Waals surface area contributed by atoms with E-state index in [1.165, 1.54) is 0 Å². The predicted molar refractivity (Wildman–Crippen MR) is 125 cm³/mol. The maximum atomic E-state index is 12.7. The van der Waals surface area contributed by atoms with Crippen LogP contribution in [0.5, 0.6) is 0 Å². The van der Waals surface area contributed by atoms with Crippen LogP contribution < -0.4 is 15.5 Å². The van der Waals surface area contributed by atoms with Crippen LogP contribution in [-0.2, 0) is 0 Å². The highest BCUT2D eigenvalue weighted by molar-refractivity contribution is 6.05. The highest BCUT2D eigenvalue weighted by atomic mass is 16.1. The van der Waals surface area contributed by atoms with Gasteiger partial charge in [0.15, 0.2) is 0 Å². The average molecular weight is 425 g/mol. The number of H-pyrrole nitrogens is 1. The van der Waals surface area contributed by atoms with Gasteiger partial charge in [-0.25, -0.2) is 15.0 Å². The molecule has 0 aliphatic heterocycles. The Morgan fingerprint density at radius 2 is 1.91 bits per heavy atom. The largest absolute Gasteiger partial charge is 0.367 e. The minimum Gasteiger partial charge on any atom is -0.367 e. The maximum absolute atomic E-state index is 12.7. The van der Waals surface area contributed by atoms with Crippen molar-refractivity contribution in [3.8, 4) is 0 Å². The fourth-order valence-corrected chi connectivity index (χ4v) is 3.40. The number of hydrogen-bond acceptors (Lipinski definition) is 6. The van der Waals surface area contributed by atoms with Crippen LogP contribution in [0.3, 0.4) is 0 Å². The Bertz CT molecular complexity index is 1220. The highest BCUT2D eigenvalue weighted by Crippen LogP contribution is 2.34. The van der Waals surface area contributed by atoms with Gasteiger partial charge in [0, 0.05) is 35.8 Å². The van der Waals surface area contributed by atoms with Gasteiger partial charge >= 0.3 is 0 Å². The zero-order valence-electron chi connectivity index (χ0n) is 17.6. The lowest BCUT2D eigenvalue weighted by atomic mass is 10.1. The molecular weight excluding hydrogens is 402 g/mol. The number of carbonyl (C=O) groups excluding carboxylic acids is 1. The van der Waals surface area contributed by atoms with Crippen molar-refractivity contribution < 1.29 is 4.79 Å². The molecule has 2 heterocycles. The molecule has 1 aliphatic rings. The first-order valence-corrected chi connectivity index (χ1v) is 10.5. The molecule has 0 atom stereocenters. The van der Waals surface area contributed by atoms with E-state index in [1.54, 1.807) is 30.9 Å². The van der Waals surface area contributed by atoms with Crippen molar-refractivity contribution in [1.82, 2.24) is 19.9 Å². The first-order valence-electron chi connectivity index (χ1n) is 10.5. The van der Waals surface area contributed by atoms with E-state index in [2.05, 4.69) is 30.6 Å². The summed E-state index contributed by atoms with van der Waals surface area (Å²) in [5.41, 5.74) is 3.09.